The highest BCUT2D eigenvalue weighted by molar-refractivity contribution is 7.82. The normalized spacial score (nSPS) is 20.5. The van der Waals surface area contributed by atoms with Crippen LogP contribution in [0, 0.1) is 5.92 Å². The summed E-state index contributed by atoms with van der Waals surface area (Å²) in [6.07, 6.45) is 13.4. The Hall–Kier alpha value is -0.210. The number of ether oxygens (including phenoxy) is 1. The molecule has 0 amide bonds. The summed E-state index contributed by atoms with van der Waals surface area (Å²) in [5.74, 6) is -1.55. The van der Waals surface area contributed by atoms with E-state index in [0.29, 0.717) is 18.9 Å². The molecule has 1 fully saturated rings. The molecule has 1 aliphatic heterocycles. The van der Waals surface area contributed by atoms with Gasteiger partial charge in [-0.05, 0) is 19.3 Å². The minimum atomic E-state index is -4.05. The molecule has 1 saturated heterocycles. The average molecular weight is 395 g/mol. The van der Waals surface area contributed by atoms with Crippen LogP contribution in [0.15, 0.2) is 0 Å². The molecule has 156 valence electrons. The summed E-state index contributed by atoms with van der Waals surface area (Å²) in [6, 6.07) is 0. The van der Waals surface area contributed by atoms with E-state index < -0.39 is 22.5 Å². The summed E-state index contributed by atoms with van der Waals surface area (Å²) >= 11 is 0. The van der Waals surface area contributed by atoms with Crippen molar-refractivity contribution in [3.05, 3.63) is 0 Å². The largest absolute Gasteiger partial charge is 0.409 e. The second kappa shape index (κ2) is 12.3. The highest BCUT2D eigenvalue weighted by atomic mass is 32.3. The third kappa shape index (κ3) is 9.13. The van der Waals surface area contributed by atoms with Crippen molar-refractivity contribution in [2.24, 2.45) is 5.92 Å². The molecule has 0 bridgehead atoms. The number of rotatable bonds is 16. The first-order valence-corrected chi connectivity index (χ1v) is 11.7. The highest BCUT2D eigenvalue weighted by Gasteiger charge is 2.57. The van der Waals surface area contributed by atoms with Crippen LogP contribution in [0.3, 0.4) is 0 Å². The lowest BCUT2D eigenvalue weighted by molar-refractivity contribution is -0.372. The van der Waals surface area contributed by atoms with E-state index >= 15 is 0 Å². The van der Waals surface area contributed by atoms with Gasteiger partial charge in [-0.1, -0.05) is 84.5 Å². The van der Waals surface area contributed by atoms with E-state index in [1.165, 1.54) is 57.8 Å². The van der Waals surface area contributed by atoms with Crippen molar-refractivity contribution in [2.75, 3.05) is 6.61 Å². The molecule has 0 radical (unpaired) electrons. The van der Waals surface area contributed by atoms with Crippen LogP contribution in [0.25, 0.3) is 0 Å². The van der Waals surface area contributed by atoms with Crippen molar-refractivity contribution in [3.63, 3.8) is 0 Å². The predicted octanol–water partition coefficient (Wildman–Crippen LogP) is 4.67. The summed E-state index contributed by atoms with van der Waals surface area (Å²) in [5, 5.41) is 10.0. The van der Waals surface area contributed by atoms with Gasteiger partial charge in [0.25, 0.3) is 0 Å². The molecule has 2 unspecified atom stereocenters. The highest BCUT2D eigenvalue weighted by Crippen LogP contribution is 2.35. The summed E-state index contributed by atoms with van der Waals surface area (Å²) in [5.41, 5.74) is 0. The Labute approximate surface area is 159 Å². The van der Waals surface area contributed by atoms with Gasteiger partial charge in [0, 0.05) is 6.61 Å². The Bertz CT molecular complexity index is 453. The molecule has 7 heteroatoms. The van der Waals surface area contributed by atoms with Crippen LogP contribution < -0.4 is 0 Å². The van der Waals surface area contributed by atoms with Crippen LogP contribution in [0.1, 0.15) is 97.8 Å². The van der Waals surface area contributed by atoms with E-state index in [1.807, 2.05) is 0 Å². The molecular formula is C19H38O6S. The number of aliphatic hydroxyl groups is 1. The minimum Gasteiger partial charge on any atom is -0.370 e. The second-order valence-electron chi connectivity index (χ2n) is 7.45. The summed E-state index contributed by atoms with van der Waals surface area (Å²) in [6.45, 7) is 6.63. The van der Waals surface area contributed by atoms with E-state index in [-0.39, 0.29) is 0 Å². The van der Waals surface area contributed by atoms with Gasteiger partial charge in [-0.2, -0.15) is 16.8 Å². The first-order chi connectivity index (χ1) is 12.3. The second-order valence-corrected chi connectivity index (χ2v) is 8.60. The molecule has 0 saturated carbocycles. The van der Waals surface area contributed by atoms with Gasteiger partial charge in [-0.3, -0.25) is 0 Å². The molecule has 0 aromatic carbocycles. The van der Waals surface area contributed by atoms with Gasteiger partial charge in [0.2, 0.25) is 0 Å². The third-order valence-electron chi connectivity index (χ3n) is 4.93. The maximum atomic E-state index is 11.0. The van der Waals surface area contributed by atoms with Crippen molar-refractivity contribution < 1.29 is 26.6 Å². The molecule has 26 heavy (non-hydrogen) atoms. The van der Waals surface area contributed by atoms with Gasteiger partial charge in [-0.25, -0.2) is 0 Å². The molecule has 6 nitrogen and oxygen atoms in total. The summed E-state index contributed by atoms with van der Waals surface area (Å²) in [4.78, 5) is 0. The topological polar surface area (TPSA) is 82.1 Å². The summed E-state index contributed by atoms with van der Waals surface area (Å²) in [7, 11) is -4.05. The zero-order chi connectivity index (χ0) is 19.5. The Balaban J connectivity index is 2.10. The first kappa shape index (κ1) is 23.8. The maximum Gasteiger partial charge on any atom is 0.409 e. The van der Waals surface area contributed by atoms with E-state index in [9.17, 15) is 13.5 Å². The quantitative estimate of drug-likeness (QED) is 0.383. The average Bonchev–Trinajstić information content (AvgIpc) is 2.54. The fourth-order valence-electron chi connectivity index (χ4n) is 3.40. The monoisotopic (exact) mass is 394 g/mol. The smallest absolute Gasteiger partial charge is 0.370 e. The lowest BCUT2D eigenvalue weighted by atomic mass is 9.95. The van der Waals surface area contributed by atoms with Crippen molar-refractivity contribution in [1.82, 2.24) is 0 Å². The van der Waals surface area contributed by atoms with Crippen LogP contribution in [0.2, 0.25) is 0 Å². The number of hydrogen-bond acceptors (Lipinski definition) is 6. The lowest BCUT2D eigenvalue weighted by Crippen LogP contribution is -2.59. The molecule has 1 rings (SSSR count). The molecule has 1 N–H and O–H groups in total. The molecule has 0 aliphatic carbocycles. The third-order valence-corrected chi connectivity index (χ3v) is 5.82. The van der Waals surface area contributed by atoms with Gasteiger partial charge in [0.05, 0.1) is 0 Å². The van der Waals surface area contributed by atoms with E-state index in [4.69, 9.17) is 4.74 Å². The van der Waals surface area contributed by atoms with Gasteiger partial charge < -0.3 is 9.84 Å². The molecule has 2 atom stereocenters. The molecule has 1 aliphatic rings. The molecule has 0 aromatic rings. The van der Waals surface area contributed by atoms with Crippen LogP contribution in [0.4, 0.5) is 0 Å². The Morgan fingerprint density at radius 1 is 0.885 bits per heavy atom. The molecule has 0 spiro atoms. The standard InChI is InChI=1S/C19H38O6S/c1-4-6-7-8-9-10-11-12-14-17(3)15-13-16-18(23-5-2)19(20)24-26(21,22)25-19/h17-18,20H,4-16H2,1-3H3. The van der Waals surface area contributed by atoms with Gasteiger partial charge in [-0.15, -0.1) is 0 Å². The molecule has 1 heterocycles. The minimum absolute atomic E-state index is 0.355. The molecular weight excluding hydrogens is 356 g/mol. The van der Waals surface area contributed by atoms with Crippen LogP contribution in [-0.4, -0.2) is 32.2 Å². The fourth-order valence-corrected chi connectivity index (χ4v) is 4.21. The zero-order valence-electron chi connectivity index (χ0n) is 16.7. The summed E-state index contributed by atoms with van der Waals surface area (Å²) < 4.78 is 36.4. The van der Waals surface area contributed by atoms with Gasteiger partial charge in [0.15, 0.2) is 0 Å². The fraction of sp³-hybridized carbons (Fsp3) is 1.00. The van der Waals surface area contributed by atoms with Crippen LogP contribution in [-0.2, 0) is 23.5 Å². The molecule has 0 aromatic heterocycles. The van der Waals surface area contributed by atoms with Gasteiger partial charge in [0.1, 0.15) is 6.10 Å². The van der Waals surface area contributed by atoms with Crippen LogP contribution in [0.5, 0.6) is 0 Å². The van der Waals surface area contributed by atoms with E-state index in [1.54, 1.807) is 6.92 Å². The predicted molar refractivity (Wildman–Crippen MR) is 102 cm³/mol. The first-order valence-electron chi connectivity index (χ1n) is 10.3. The van der Waals surface area contributed by atoms with E-state index in [2.05, 4.69) is 22.2 Å². The zero-order valence-corrected chi connectivity index (χ0v) is 17.6. The van der Waals surface area contributed by atoms with Crippen molar-refractivity contribution in [1.29, 1.82) is 0 Å². The van der Waals surface area contributed by atoms with Crippen molar-refractivity contribution in [2.45, 2.75) is 110 Å². The SMILES string of the molecule is CCCCCCCCCCC(C)CCCC(OCC)C1(O)OS(=O)(=O)O1. The Morgan fingerprint density at radius 2 is 1.42 bits per heavy atom. The maximum absolute atomic E-state index is 11.0. The van der Waals surface area contributed by atoms with Crippen molar-refractivity contribution >= 4 is 10.4 Å². The Kier molecular flexibility index (Phi) is 11.3. The van der Waals surface area contributed by atoms with Gasteiger partial charge >= 0.3 is 16.4 Å². The van der Waals surface area contributed by atoms with Crippen molar-refractivity contribution in [3.8, 4) is 0 Å². The number of hydrogen-bond donors (Lipinski definition) is 1. The Morgan fingerprint density at radius 3 is 1.96 bits per heavy atom. The van der Waals surface area contributed by atoms with E-state index in [0.717, 1.165) is 12.8 Å². The van der Waals surface area contributed by atoms with Crippen LogP contribution >= 0.6 is 0 Å². The lowest BCUT2D eigenvalue weighted by Gasteiger charge is -2.39. The number of unbranched alkanes of at least 4 members (excludes halogenated alkanes) is 7.